The van der Waals surface area contributed by atoms with Crippen LogP contribution in [0.2, 0.25) is 0 Å². The number of aromatic nitrogens is 2. The molecule has 1 aromatic rings. The van der Waals surface area contributed by atoms with Crippen molar-refractivity contribution in [1.82, 2.24) is 10.1 Å². The Morgan fingerprint density at radius 1 is 1.26 bits per heavy atom. The van der Waals surface area contributed by atoms with E-state index in [0.717, 1.165) is 12.8 Å². The van der Waals surface area contributed by atoms with Gasteiger partial charge in [-0.2, -0.15) is 4.98 Å². The Kier molecular flexibility index (Phi) is 3.74. The predicted molar refractivity (Wildman–Crippen MR) is 73.8 cm³/mol. The van der Waals surface area contributed by atoms with Crippen molar-refractivity contribution in [2.24, 2.45) is 11.8 Å². The normalized spacial score (nSPS) is 32.5. The van der Waals surface area contributed by atoms with Crippen molar-refractivity contribution in [2.45, 2.75) is 71.3 Å². The zero-order valence-electron chi connectivity index (χ0n) is 12.7. The smallest absolute Gasteiger partial charge is 0.229 e. The van der Waals surface area contributed by atoms with Gasteiger partial charge in [-0.15, -0.1) is 0 Å². The molecule has 1 heterocycles. The molecule has 1 aliphatic carbocycles. The average Bonchev–Trinajstić information content (AvgIpc) is 2.61. The fourth-order valence-electron chi connectivity index (χ4n) is 3.29. The van der Waals surface area contributed by atoms with Crippen molar-refractivity contribution in [1.29, 1.82) is 0 Å². The Hall–Kier alpha value is -0.900. The van der Waals surface area contributed by atoms with E-state index in [-0.39, 0.29) is 5.41 Å². The summed E-state index contributed by atoms with van der Waals surface area (Å²) >= 11 is 0. The molecule has 0 saturated heterocycles. The zero-order valence-corrected chi connectivity index (χ0v) is 12.7. The van der Waals surface area contributed by atoms with Crippen molar-refractivity contribution in [3.05, 3.63) is 11.7 Å². The van der Waals surface area contributed by atoms with Gasteiger partial charge in [-0.3, -0.25) is 0 Å². The van der Waals surface area contributed by atoms with Crippen molar-refractivity contribution >= 4 is 0 Å². The maximum absolute atomic E-state index is 10.7. The number of hydrogen-bond acceptors (Lipinski definition) is 4. The molecule has 1 N–H and O–H groups in total. The van der Waals surface area contributed by atoms with E-state index in [1.807, 2.05) is 0 Å². The second kappa shape index (κ2) is 4.89. The number of hydrogen-bond donors (Lipinski definition) is 1. The second-order valence-corrected chi connectivity index (χ2v) is 7.52. The van der Waals surface area contributed by atoms with Gasteiger partial charge in [0.15, 0.2) is 5.82 Å². The summed E-state index contributed by atoms with van der Waals surface area (Å²) in [6.45, 7) is 10.6. The Bertz CT molecular complexity index is 424. The fraction of sp³-hybridized carbons (Fsp3) is 0.867. The average molecular weight is 266 g/mol. The van der Waals surface area contributed by atoms with E-state index in [2.05, 4.69) is 44.8 Å². The van der Waals surface area contributed by atoms with Gasteiger partial charge in [-0.05, 0) is 31.1 Å². The van der Waals surface area contributed by atoms with Gasteiger partial charge in [-0.25, -0.2) is 0 Å². The first-order valence-corrected chi connectivity index (χ1v) is 7.23. The van der Waals surface area contributed by atoms with Crippen molar-refractivity contribution < 1.29 is 9.63 Å². The summed E-state index contributed by atoms with van der Waals surface area (Å²) in [5, 5.41) is 14.8. The highest BCUT2D eigenvalue weighted by atomic mass is 16.5. The summed E-state index contributed by atoms with van der Waals surface area (Å²) in [7, 11) is 0. The van der Waals surface area contributed by atoms with E-state index < -0.39 is 5.60 Å². The van der Waals surface area contributed by atoms with E-state index >= 15 is 0 Å². The van der Waals surface area contributed by atoms with Crippen molar-refractivity contribution in [3.8, 4) is 0 Å². The standard InChI is InChI=1S/C15H26N2O2/c1-10-6-11(2)8-15(18,7-10)9-12-16-13(17-19-12)14(3,4)5/h10-11,18H,6-9H2,1-5H3/t10-,11-/m0/s1. The highest BCUT2D eigenvalue weighted by Crippen LogP contribution is 2.37. The molecule has 0 amide bonds. The Balaban J connectivity index is 2.10. The monoisotopic (exact) mass is 266 g/mol. The third-order valence-electron chi connectivity index (χ3n) is 3.88. The highest BCUT2D eigenvalue weighted by molar-refractivity contribution is 5.02. The summed E-state index contributed by atoms with van der Waals surface area (Å²) in [6.07, 6.45) is 3.32. The topological polar surface area (TPSA) is 59.2 Å². The van der Waals surface area contributed by atoms with Gasteiger partial charge in [0, 0.05) is 5.41 Å². The minimum Gasteiger partial charge on any atom is -0.389 e. The molecule has 108 valence electrons. The predicted octanol–water partition coefficient (Wildman–Crippen LogP) is 3.10. The third-order valence-corrected chi connectivity index (χ3v) is 3.88. The molecule has 0 unspecified atom stereocenters. The minimum absolute atomic E-state index is 0.114. The van der Waals surface area contributed by atoms with E-state index in [1.165, 1.54) is 6.42 Å². The molecule has 0 spiro atoms. The van der Waals surface area contributed by atoms with Gasteiger partial charge in [-0.1, -0.05) is 39.8 Å². The van der Waals surface area contributed by atoms with Gasteiger partial charge in [0.2, 0.25) is 5.89 Å². The molecule has 2 rings (SSSR count). The van der Waals surface area contributed by atoms with Gasteiger partial charge in [0.05, 0.1) is 12.0 Å². The zero-order chi connectivity index (χ0) is 14.3. The SMILES string of the molecule is C[C@H]1C[C@H](C)CC(O)(Cc2nc(C(C)(C)C)no2)C1. The van der Waals surface area contributed by atoms with Crippen molar-refractivity contribution in [2.75, 3.05) is 0 Å². The molecular formula is C15H26N2O2. The van der Waals surface area contributed by atoms with Crippen LogP contribution in [0.1, 0.15) is 65.6 Å². The van der Waals surface area contributed by atoms with Crippen LogP contribution in [0.25, 0.3) is 0 Å². The molecule has 1 aliphatic rings. The lowest BCUT2D eigenvalue weighted by Gasteiger charge is -2.38. The van der Waals surface area contributed by atoms with Gasteiger partial charge in [0.25, 0.3) is 0 Å². The van der Waals surface area contributed by atoms with E-state index in [9.17, 15) is 5.11 Å². The molecule has 2 atom stereocenters. The van der Waals surface area contributed by atoms with Crippen LogP contribution in [0.5, 0.6) is 0 Å². The Morgan fingerprint density at radius 3 is 2.32 bits per heavy atom. The van der Waals surface area contributed by atoms with Crippen LogP contribution in [0, 0.1) is 11.8 Å². The second-order valence-electron chi connectivity index (χ2n) is 7.52. The first-order valence-electron chi connectivity index (χ1n) is 7.23. The molecule has 1 fully saturated rings. The van der Waals surface area contributed by atoms with Gasteiger partial charge in [0.1, 0.15) is 0 Å². The summed E-state index contributed by atoms with van der Waals surface area (Å²) in [6, 6.07) is 0. The maximum atomic E-state index is 10.7. The number of rotatable bonds is 2. The Morgan fingerprint density at radius 2 is 1.84 bits per heavy atom. The first-order chi connectivity index (χ1) is 8.68. The largest absolute Gasteiger partial charge is 0.389 e. The first kappa shape index (κ1) is 14.5. The molecule has 0 aliphatic heterocycles. The number of nitrogens with zero attached hydrogens (tertiary/aromatic N) is 2. The summed E-state index contributed by atoms with van der Waals surface area (Å²) in [5.74, 6) is 2.38. The van der Waals surface area contributed by atoms with Gasteiger partial charge >= 0.3 is 0 Å². The minimum atomic E-state index is -0.682. The fourth-order valence-corrected chi connectivity index (χ4v) is 3.29. The van der Waals surface area contributed by atoms with Crippen LogP contribution in [-0.4, -0.2) is 20.8 Å². The van der Waals surface area contributed by atoms with Crippen LogP contribution in [-0.2, 0) is 11.8 Å². The van der Waals surface area contributed by atoms with E-state index in [0.29, 0.717) is 30.0 Å². The molecule has 1 aromatic heterocycles. The molecule has 4 nitrogen and oxygen atoms in total. The molecule has 0 bridgehead atoms. The van der Waals surface area contributed by atoms with Crippen LogP contribution < -0.4 is 0 Å². The Labute approximate surface area is 115 Å². The molecule has 4 heteroatoms. The summed E-state index contributed by atoms with van der Waals surface area (Å²) in [4.78, 5) is 4.43. The van der Waals surface area contributed by atoms with E-state index in [1.54, 1.807) is 0 Å². The highest BCUT2D eigenvalue weighted by Gasteiger charge is 2.38. The lowest BCUT2D eigenvalue weighted by molar-refractivity contribution is -0.0355. The molecule has 1 saturated carbocycles. The molecule has 0 radical (unpaired) electrons. The van der Waals surface area contributed by atoms with Crippen molar-refractivity contribution in [3.63, 3.8) is 0 Å². The molecular weight excluding hydrogens is 240 g/mol. The molecule has 0 aromatic carbocycles. The summed E-state index contributed by atoms with van der Waals surface area (Å²) < 4.78 is 5.31. The van der Waals surface area contributed by atoms with E-state index in [4.69, 9.17) is 4.52 Å². The van der Waals surface area contributed by atoms with Gasteiger partial charge < -0.3 is 9.63 Å². The number of aliphatic hydroxyl groups is 1. The van der Waals surface area contributed by atoms with Crippen LogP contribution >= 0.6 is 0 Å². The lowest BCUT2D eigenvalue weighted by Crippen LogP contribution is -2.39. The molecule has 19 heavy (non-hydrogen) atoms. The quantitative estimate of drug-likeness (QED) is 0.893. The lowest BCUT2D eigenvalue weighted by atomic mass is 9.72. The maximum Gasteiger partial charge on any atom is 0.229 e. The third kappa shape index (κ3) is 3.56. The van der Waals surface area contributed by atoms with Crippen LogP contribution in [0.15, 0.2) is 4.52 Å². The van der Waals surface area contributed by atoms with Crippen LogP contribution in [0.3, 0.4) is 0 Å². The van der Waals surface area contributed by atoms with Crippen LogP contribution in [0.4, 0.5) is 0 Å². The summed E-state index contributed by atoms with van der Waals surface area (Å²) in [5.41, 5.74) is -0.795.